The minimum absolute atomic E-state index is 0.221. The summed E-state index contributed by atoms with van der Waals surface area (Å²) < 4.78 is 17.5. The first-order valence-electron chi connectivity index (χ1n) is 7.25. The van der Waals surface area contributed by atoms with Gasteiger partial charge in [0.1, 0.15) is 11.7 Å². The molecule has 9 heteroatoms. The maximum absolute atomic E-state index is 11.4. The first-order valence-corrected chi connectivity index (χ1v) is 7.25. The summed E-state index contributed by atoms with van der Waals surface area (Å²) in [6, 6.07) is 3.09. The second-order valence-electron chi connectivity index (χ2n) is 5.30. The van der Waals surface area contributed by atoms with Crippen LogP contribution in [0.4, 0.5) is 0 Å². The maximum atomic E-state index is 11.4. The lowest BCUT2D eigenvalue weighted by molar-refractivity contribution is -0.765. The number of carbonyl (C=O) groups is 3. The fraction of sp³-hybridized carbons (Fsp3) is 0.467. The number of nitrogens with zero attached hydrogens (tertiary/aromatic N) is 1. The van der Waals surface area contributed by atoms with Gasteiger partial charge in [0.2, 0.25) is 6.10 Å². The van der Waals surface area contributed by atoms with Gasteiger partial charge >= 0.3 is 18.2 Å². The van der Waals surface area contributed by atoms with Crippen molar-refractivity contribution in [2.45, 2.75) is 38.4 Å². The quantitative estimate of drug-likeness (QED) is 0.510. The fourth-order valence-electron chi connectivity index (χ4n) is 2.54. The van der Waals surface area contributed by atoms with Crippen molar-refractivity contribution in [2.24, 2.45) is 5.73 Å². The minimum atomic E-state index is -0.989. The van der Waals surface area contributed by atoms with Crippen LogP contribution in [0, 0.1) is 0 Å². The Labute approximate surface area is 137 Å². The number of aliphatic hydroxyl groups excluding tert-OH is 1. The van der Waals surface area contributed by atoms with Gasteiger partial charge in [-0.3, -0.25) is 14.4 Å². The number of hydrogen-bond acceptors (Lipinski definition) is 7. The SMILES string of the molecule is CC(=O)O[C@@H]1[C@@H](CO)OC([n+]2cccc(C(N)=O)c2)[C@@H]1OC(C)=O. The molecule has 1 aliphatic heterocycles. The van der Waals surface area contributed by atoms with Crippen LogP contribution in [0.15, 0.2) is 24.5 Å². The highest BCUT2D eigenvalue weighted by atomic mass is 16.6. The molecule has 0 aliphatic carbocycles. The van der Waals surface area contributed by atoms with E-state index in [0.717, 1.165) is 0 Å². The molecule has 130 valence electrons. The van der Waals surface area contributed by atoms with Gasteiger partial charge in [0.15, 0.2) is 18.5 Å². The molecule has 2 heterocycles. The number of nitrogens with two attached hydrogens (primary N) is 1. The topological polar surface area (TPSA) is 129 Å². The molecule has 1 aliphatic rings. The Hall–Kier alpha value is -2.52. The van der Waals surface area contributed by atoms with Gasteiger partial charge in [0, 0.05) is 19.9 Å². The Bertz CT molecular complexity index is 648. The van der Waals surface area contributed by atoms with Crippen LogP contribution in [-0.2, 0) is 23.8 Å². The Balaban J connectivity index is 2.38. The van der Waals surface area contributed by atoms with Crippen LogP contribution < -0.4 is 10.3 Å². The van der Waals surface area contributed by atoms with Gasteiger partial charge in [-0.25, -0.2) is 0 Å². The van der Waals surface area contributed by atoms with Gasteiger partial charge in [0.25, 0.3) is 5.91 Å². The average Bonchev–Trinajstić information content (AvgIpc) is 2.84. The number of amides is 1. The molecular formula is C15H19N2O7+. The number of aliphatic hydroxyl groups is 1. The third kappa shape index (κ3) is 3.87. The summed E-state index contributed by atoms with van der Waals surface area (Å²) in [7, 11) is 0. The molecule has 0 aromatic carbocycles. The number of aromatic nitrogens is 1. The van der Waals surface area contributed by atoms with E-state index >= 15 is 0 Å². The predicted octanol–water partition coefficient (Wildman–Crippen LogP) is -1.17. The summed E-state index contributed by atoms with van der Waals surface area (Å²) in [6.45, 7) is 1.97. The third-order valence-electron chi connectivity index (χ3n) is 3.47. The number of carbonyl (C=O) groups excluding carboxylic acids is 3. The van der Waals surface area contributed by atoms with Gasteiger partial charge in [-0.2, -0.15) is 4.57 Å². The standard InChI is InChI=1S/C15H18N2O7/c1-8(19)22-12-11(7-18)24-15(13(12)23-9(2)20)17-5-3-4-10(6-17)14(16)21/h3-6,11-13,15,18H,7H2,1-2H3,(H-,16,21)/p+1/t11-,12-,13-,15?/m1/s1. The number of primary amides is 1. The highest BCUT2D eigenvalue weighted by molar-refractivity contribution is 5.92. The monoisotopic (exact) mass is 339 g/mol. The van der Waals surface area contributed by atoms with Crippen molar-refractivity contribution in [3.05, 3.63) is 30.1 Å². The van der Waals surface area contributed by atoms with Gasteiger partial charge in [-0.15, -0.1) is 0 Å². The Morgan fingerprint density at radius 3 is 2.42 bits per heavy atom. The molecule has 1 fully saturated rings. The molecule has 1 saturated heterocycles. The van der Waals surface area contributed by atoms with E-state index in [1.807, 2.05) is 0 Å². The summed E-state index contributed by atoms with van der Waals surface area (Å²) in [4.78, 5) is 34.1. The molecule has 0 saturated carbocycles. The van der Waals surface area contributed by atoms with Crippen LogP contribution in [-0.4, -0.2) is 47.9 Å². The molecule has 1 amide bonds. The van der Waals surface area contributed by atoms with Crippen molar-refractivity contribution in [1.29, 1.82) is 0 Å². The zero-order valence-corrected chi connectivity index (χ0v) is 13.2. The molecule has 1 aromatic heterocycles. The molecule has 0 radical (unpaired) electrons. The summed E-state index contributed by atoms with van der Waals surface area (Å²) in [5.41, 5.74) is 5.48. The van der Waals surface area contributed by atoms with Crippen LogP contribution in [0.1, 0.15) is 30.4 Å². The molecule has 4 atom stereocenters. The molecule has 2 rings (SSSR count). The zero-order valence-electron chi connectivity index (χ0n) is 13.2. The van der Waals surface area contributed by atoms with Gasteiger partial charge in [-0.05, 0) is 6.07 Å². The van der Waals surface area contributed by atoms with E-state index in [1.54, 1.807) is 12.3 Å². The zero-order chi connectivity index (χ0) is 17.9. The highest BCUT2D eigenvalue weighted by Gasteiger charge is 2.54. The molecule has 0 bridgehead atoms. The fourth-order valence-corrected chi connectivity index (χ4v) is 2.54. The molecule has 24 heavy (non-hydrogen) atoms. The maximum Gasteiger partial charge on any atom is 0.304 e. The summed E-state index contributed by atoms with van der Waals surface area (Å²) >= 11 is 0. The Morgan fingerprint density at radius 2 is 1.88 bits per heavy atom. The van der Waals surface area contributed by atoms with Crippen molar-refractivity contribution in [3.8, 4) is 0 Å². The first-order chi connectivity index (χ1) is 11.3. The molecular weight excluding hydrogens is 320 g/mol. The van der Waals surface area contributed by atoms with E-state index in [1.165, 1.54) is 30.7 Å². The second-order valence-corrected chi connectivity index (χ2v) is 5.30. The van der Waals surface area contributed by atoms with E-state index in [4.69, 9.17) is 19.9 Å². The van der Waals surface area contributed by atoms with Crippen molar-refractivity contribution in [3.63, 3.8) is 0 Å². The second kappa shape index (κ2) is 7.37. The van der Waals surface area contributed by atoms with Crippen molar-refractivity contribution < 1.29 is 38.3 Å². The van der Waals surface area contributed by atoms with Crippen molar-refractivity contribution in [2.75, 3.05) is 6.61 Å². The summed E-state index contributed by atoms with van der Waals surface area (Å²) in [5, 5.41) is 9.47. The van der Waals surface area contributed by atoms with Gasteiger partial charge < -0.3 is 25.1 Å². The van der Waals surface area contributed by atoms with Crippen molar-refractivity contribution >= 4 is 17.8 Å². The average molecular weight is 339 g/mol. The van der Waals surface area contributed by atoms with Crippen LogP contribution in [0.3, 0.4) is 0 Å². The minimum Gasteiger partial charge on any atom is -0.455 e. The van der Waals surface area contributed by atoms with E-state index in [9.17, 15) is 19.5 Å². The largest absolute Gasteiger partial charge is 0.455 e. The van der Waals surface area contributed by atoms with Gasteiger partial charge in [0.05, 0.1) is 6.61 Å². The molecule has 3 N–H and O–H groups in total. The number of esters is 2. The molecule has 9 nitrogen and oxygen atoms in total. The third-order valence-corrected chi connectivity index (χ3v) is 3.47. The van der Waals surface area contributed by atoms with E-state index in [0.29, 0.717) is 0 Å². The van der Waals surface area contributed by atoms with Crippen LogP contribution in [0.2, 0.25) is 0 Å². The lowest BCUT2D eigenvalue weighted by Crippen LogP contribution is -2.48. The van der Waals surface area contributed by atoms with E-state index < -0.39 is 49.0 Å². The number of hydrogen-bond donors (Lipinski definition) is 2. The Morgan fingerprint density at radius 1 is 1.25 bits per heavy atom. The van der Waals surface area contributed by atoms with Crippen LogP contribution in [0.5, 0.6) is 0 Å². The Kier molecular flexibility index (Phi) is 5.47. The lowest BCUT2D eigenvalue weighted by atomic mass is 10.1. The number of rotatable bonds is 5. The van der Waals surface area contributed by atoms with Crippen LogP contribution >= 0.6 is 0 Å². The van der Waals surface area contributed by atoms with E-state index in [2.05, 4.69) is 0 Å². The lowest BCUT2D eigenvalue weighted by Gasteiger charge is -2.20. The summed E-state index contributed by atoms with van der Waals surface area (Å²) in [6.07, 6.45) is -0.739. The molecule has 0 spiro atoms. The van der Waals surface area contributed by atoms with Crippen LogP contribution in [0.25, 0.3) is 0 Å². The van der Waals surface area contributed by atoms with E-state index in [-0.39, 0.29) is 5.56 Å². The normalized spacial score (nSPS) is 26.0. The number of ether oxygens (including phenoxy) is 3. The highest BCUT2D eigenvalue weighted by Crippen LogP contribution is 2.30. The van der Waals surface area contributed by atoms with Gasteiger partial charge in [-0.1, -0.05) is 0 Å². The van der Waals surface area contributed by atoms with Crippen molar-refractivity contribution in [1.82, 2.24) is 0 Å². The predicted molar refractivity (Wildman–Crippen MR) is 77.3 cm³/mol. The first kappa shape index (κ1) is 17.8. The number of pyridine rings is 1. The summed E-state index contributed by atoms with van der Waals surface area (Å²) in [5.74, 6) is -1.84. The molecule has 1 aromatic rings. The molecule has 1 unspecified atom stereocenters. The smallest absolute Gasteiger partial charge is 0.304 e.